The zero-order valence-electron chi connectivity index (χ0n) is 16.0. The van der Waals surface area contributed by atoms with Gasteiger partial charge in [0.25, 0.3) is 5.91 Å². The van der Waals surface area contributed by atoms with Gasteiger partial charge in [-0.1, -0.05) is 0 Å². The van der Waals surface area contributed by atoms with Crippen molar-refractivity contribution in [3.8, 4) is 22.1 Å². The van der Waals surface area contributed by atoms with Crippen LogP contribution in [-0.4, -0.2) is 49.8 Å². The summed E-state index contributed by atoms with van der Waals surface area (Å²) in [4.78, 5) is 39.5. The second kappa shape index (κ2) is 9.37. The Kier molecular flexibility index (Phi) is 6.65. The first-order valence-corrected chi connectivity index (χ1v) is 9.79. The van der Waals surface area contributed by atoms with Gasteiger partial charge in [0.1, 0.15) is 5.01 Å². The van der Waals surface area contributed by atoms with Crippen molar-refractivity contribution >= 4 is 29.2 Å². The lowest BCUT2D eigenvalue weighted by molar-refractivity contribution is -0.147. The van der Waals surface area contributed by atoms with Crippen LogP contribution in [0.25, 0.3) is 10.6 Å². The van der Waals surface area contributed by atoms with Crippen LogP contribution in [-0.2, 0) is 20.7 Å². The third kappa shape index (κ3) is 5.92. The van der Waals surface area contributed by atoms with Gasteiger partial charge in [-0.05, 0) is 31.0 Å². The lowest BCUT2D eigenvalue weighted by atomic mass is 10.2. The monoisotopic (exact) mass is 419 g/mol. The van der Waals surface area contributed by atoms with Gasteiger partial charge in [-0.15, -0.1) is 11.3 Å². The van der Waals surface area contributed by atoms with E-state index in [4.69, 9.17) is 14.2 Å². The molecule has 1 aliphatic carbocycles. The molecule has 2 aromatic rings. The minimum Gasteiger partial charge on any atom is -0.493 e. The third-order valence-corrected chi connectivity index (χ3v) is 4.98. The quantitative estimate of drug-likeness (QED) is 0.628. The number of carbonyl (C=O) groups is 3. The largest absolute Gasteiger partial charge is 0.493 e. The number of methoxy groups -OCH3 is 2. The summed E-state index contributed by atoms with van der Waals surface area (Å²) < 4.78 is 15.4. The van der Waals surface area contributed by atoms with Crippen molar-refractivity contribution < 1.29 is 28.6 Å². The number of imide groups is 1. The topological polar surface area (TPSA) is 116 Å². The van der Waals surface area contributed by atoms with Gasteiger partial charge in [0.2, 0.25) is 0 Å². The summed E-state index contributed by atoms with van der Waals surface area (Å²) in [7, 11) is 3.11. The van der Waals surface area contributed by atoms with E-state index in [9.17, 15) is 14.4 Å². The predicted molar refractivity (Wildman–Crippen MR) is 105 cm³/mol. The predicted octanol–water partition coefficient (Wildman–Crippen LogP) is 1.90. The number of nitrogens with zero attached hydrogens (tertiary/aromatic N) is 1. The van der Waals surface area contributed by atoms with Gasteiger partial charge in [0.15, 0.2) is 18.1 Å². The van der Waals surface area contributed by atoms with Gasteiger partial charge >= 0.3 is 12.0 Å². The Balaban J connectivity index is 1.49. The van der Waals surface area contributed by atoms with Gasteiger partial charge in [-0.3, -0.25) is 14.9 Å². The number of hydrogen-bond donors (Lipinski definition) is 2. The third-order valence-electron chi connectivity index (χ3n) is 4.04. The van der Waals surface area contributed by atoms with E-state index in [2.05, 4.69) is 15.6 Å². The van der Waals surface area contributed by atoms with E-state index in [1.165, 1.54) is 11.3 Å². The number of hydrogen-bond acceptors (Lipinski definition) is 8. The van der Waals surface area contributed by atoms with E-state index in [1.807, 2.05) is 6.07 Å². The molecule has 0 bridgehead atoms. The van der Waals surface area contributed by atoms with Crippen LogP contribution < -0.4 is 20.1 Å². The highest BCUT2D eigenvalue weighted by Crippen LogP contribution is 2.33. The minimum atomic E-state index is -0.680. The molecule has 1 aromatic heterocycles. The van der Waals surface area contributed by atoms with Crippen molar-refractivity contribution in [1.29, 1.82) is 0 Å². The van der Waals surface area contributed by atoms with Crippen molar-refractivity contribution in [2.24, 2.45) is 0 Å². The molecular weight excluding hydrogens is 398 g/mol. The molecule has 10 heteroatoms. The summed E-state index contributed by atoms with van der Waals surface area (Å²) in [5, 5.41) is 7.18. The molecule has 154 valence electrons. The second-order valence-electron chi connectivity index (χ2n) is 6.35. The fraction of sp³-hybridized carbons (Fsp3) is 0.368. The van der Waals surface area contributed by atoms with Crippen LogP contribution in [0.2, 0.25) is 0 Å². The Bertz CT molecular complexity index is 909. The van der Waals surface area contributed by atoms with Gasteiger partial charge in [0, 0.05) is 17.0 Å². The SMILES string of the molecule is COc1ccc(-c2nc(CC(=O)OCC(=O)NC(=O)NC3CC3)cs2)cc1OC. The van der Waals surface area contributed by atoms with E-state index in [0.29, 0.717) is 22.2 Å². The average molecular weight is 419 g/mol. The molecule has 0 aliphatic heterocycles. The summed E-state index contributed by atoms with van der Waals surface area (Å²) in [6.45, 7) is -0.524. The van der Waals surface area contributed by atoms with Crippen LogP contribution in [0.4, 0.5) is 4.79 Å². The number of benzene rings is 1. The molecule has 0 unspecified atom stereocenters. The molecule has 9 nitrogen and oxygen atoms in total. The molecule has 3 amide bonds. The fourth-order valence-electron chi connectivity index (χ4n) is 2.45. The number of thiazole rings is 1. The molecule has 1 heterocycles. The van der Waals surface area contributed by atoms with Crippen LogP contribution in [0.5, 0.6) is 11.5 Å². The number of rotatable bonds is 8. The molecule has 0 radical (unpaired) electrons. The molecule has 1 fully saturated rings. The number of ether oxygens (including phenoxy) is 3. The Hall–Kier alpha value is -3.14. The van der Waals surface area contributed by atoms with Crippen LogP contribution in [0.3, 0.4) is 0 Å². The Morgan fingerprint density at radius 2 is 1.93 bits per heavy atom. The highest BCUT2D eigenvalue weighted by molar-refractivity contribution is 7.13. The Morgan fingerprint density at radius 3 is 2.62 bits per heavy atom. The van der Waals surface area contributed by atoms with Crippen molar-refractivity contribution in [2.75, 3.05) is 20.8 Å². The van der Waals surface area contributed by atoms with Gasteiger partial charge in [-0.25, -0.2) is 9.78 Å². The summed E-state index contributed by atoms with van der Waals surface area (Å²) in [6.07, 6.45) is 1.75. The summed E-state index contributed by atoms with van der Waals surface area (Å²) in [5.74, 6) is -0.0914. The highest BCUT2D eigenvalue weighted by atomic mass is 32.1. The molecule has 0 atom stereocenters. The van der Waals surface area contributed by atoms with Gasteiger partial charge in [-0.2, -0.15) is 0 Å². The average Bonchev–Trinajstić information content (AvgIpc) is 3.40. The van der Waals surface area contributed by atoms with Gasteiger partial charge < -0.3 is 19.5 Å². The Morgan fingerprint density at radius 1 is 1.17 bits per heavy atom. The summed E-state index contributed by atoms with van der Waals surface area (Å²) >= 11 is 1.37. The van der Waals surface area contributed by atoms with E-state index in [0.717, 1.165) is 18.4 Å². The van der Waals surface area contributed by atoms with E-state index < -0.39 is 24.5 Å². The first kappa shape index (κ1) is 20.6. The molecule has 2 N–H and O–H groups in total. The number of esters is 1. The highest BCUT2D eigenvalue weighted by Gasteiger charge is 2.24. The molecule has 1 saturated carbocycles. The number of urea groups is 1. The molecule has 1 aliphatic rings. The van der Waals surface area contributed by atoms with Crippen molar-refractivity contribution in [2.45, 2.75) is 25.3 Å². The number of carbonyl (C=O) groups excluding carboxylic acids is 3. The molecule has 0 saturated heterocycles. The maximum Gasteiger partial charge on any atom is 0.321 e. The normalized spacial score (nSPS) is 12.8. The molecule has 1 aromatic carbocycles. The Labute approximate surface area is 171 Å². The minimum absolute atomic E-state index is 0.0780. The fourth-order valence-corrected chi connectivity index (χ4v) is 3.26. The maximum absolute atomic E-state index is 11.9. The lowest BCUT2D eigenvalue weighted by Crippen LogP contribution is -2.42. The first-order chi connectivity index (χ1) is 14.0. The summed E-state index contributed by atoms with van der Waals surface area (Å²) in [6, 6.07) is 4.99. The number of amides is 3. The molecule has 29 heavy (non-hydrogen) atoms. The van der Waals surface area contributed by atoms with Crippen molar-refractivity contribution in [3.05, 3.63) is 29.3 Å². The zero-order chi connectivity index (χ0) is 20.8. The zero-order valence-corrected chi connectivity index (χ0v) is 16.8. The first-order valence-electron chi connectivity index (χ1n) is 8.91. The summed E-state index contributed by atoms with van der Waals surface area (Å²) in [5.41, 5.74) is 1.35. The van der Waals surface area contributed by atoms with E-state index >= 15 is 0 Å². The standard InChI is InChI=1S/C19H21N3O6S/c1-26-14-6-3-11(7-15(14)27-2)18-20-13(10-29-18)8-17(24)28-9-16(23)22-19(25)21-12-4-5-12/h3,6-7,10,12H,4-5,8-9H2,1-2H3,(H2,21,22,23,25). The van der Waals surface area contributed by atoms with Crippen LogP contribution >= 0.6 is 11.3 Å². The molecule has 0 spiro atoms. The second-order valence-corrected chi connectivity index (χ2v) is 7.21. The van der Waals surface area contributed by atoms with Crippen molar-refractivity contribution in [1.82, 2.24) is 15.6 Å². The smallest absolute Gasteiger partial charge is 0.321 e. The van der Waals surface area contributed by atoms with E-state index in [-0.39, 0.29) is 12.5 Å². The van der Waals surface area contributed by atoms with Crippen LogP contribution in [0.1, 0.15) is 18.5 Å². The molecular formula is C19H21N3O6S. The van der Waals surface area contributed by atoms with Crippen LogP contribution in [0, 0.1) is 0 Å². The number of nitrogens with one attached hydrogen (secondary N) is 2. The van der Waals surface area contributed by atoms with Gasteiger partial charge in [0.05, 0.1) is 26.3 Å². The maximum atomic E-state index is 11.9. The van der Waals surface area contributed by atoms with Crippen LogP contribution in [0.15, 0.2) is 23.6 Å². The lowest BCUT2D eigenvalue weighted by Gasteiger charge is -2.08. The number of aromatic nitrogens is 1. The van der Waals surface area contributed by atoms with Crippen molar-refractivity contribution in [3.63, 3.8) is 0 Å². The molecule has 3 rings (SSSR count). The van der Waals surface area contributed by atoms with E-state index in [1.54, 1.807) is 31.7 Å².